The quantitative estimate of drug-likeness (QED) is 0.482. The Labute approximate surface area is 185 Å². The number of fused-ring (bicyclic) bond motifs is 1. The van der Waals surface area contributed by atoms with Gasteiger partial charge in [0.2, 0.25) is 5.91 Å². The van der Waals surface area contributed by atoms with Crippen molar-refractivity contribution in [3.63, 3.8) is 0 Å². The van der Waals surface area contributed by atoms with E-state index in [2.05, 4.69) is 20.6 Å². The van der Waals surface area contributed by atoms with Crippen molar-refractivity contribution in [1.82, 2.24) is 19.7 Å². The van der Waals surface area contributed by atoms with Crippen molar-refractivity contribution in [2.24, 2.45) is 0 Å². The molecule has 0 aliphatic heterocycles. The van der Waals surface area contributed by atoms with Crippen LogP contribution in [0, 0.1) is 13.8 Å². The molecule has 2 N–H and O–H groups in total. The number of aromatic nitrogens is 3. The molecule has 0 atom stereocenters. The zero-order valence-corrected chi connectivity index (χ0v) is 18.7. The maximum absolute atomic E-state index is 12.7. The largest absolute Gasteiger partial charge is 0.351 e. The second-order valence-electron chi connectivity index (χ2n) is 6.96. The lowest BCUT2D eigenvalue weighted by molar-refractivity contribution is -0.119. The third kappa shape index (κ3) is 4.39. The first-order valence-corrected chi connectivity index (χ1v) is 11.1. The van der Waals surface area contributed by atoms with Gasteiger partial charge in [-0.25, -0.2) is 9.97 Å². The monoisotopic (exact) mass is 453 g/mol. The van der Waals surface area contributed by atoms with E-state index in [1.165, 1.54) is 40.2 Å². The summed E-state index contributed by atoms with van der Waals surface area (Å²) in [6, 6.07) is 7.45. The van der Waals surface area contributed by atoms with Gasteiger partial charge < -0.3 is 5.32 Å². The molecule has 4 rings (SSSR count). The average molecular weight is 454 g/mol. The standard InChI is InChI=1S/C21H19N5O3S2/c1-11-6-7-26-17(8-11)23-10-15(20(26)29)19(28)25-21-24-18(12(2)30-21)16-5-4-14(31-16)9-22-13(3)27/h4-8,10H,9H2,1-3H3,(H,22,27)(H,24,25,28). The number of aryl methyl sites for hydroxylation is 2. The summed E-state index contributed by atoms with van der Waals surface area (Å²) < 4.78 is 1.35. The van der Waals surface area contributed by atoms with Crippen molar-refractivity contribution in [3.05, 3.63) is 67.9 Å². The number of rotatable bonds is 5. The summed E-state index contributed by atoms with van der Waals surface area (Å²) in [5.74, 6) is -0.635. The van der Waals surface area contributed by atoms with Gasteiger partial charge in [-0.3, -0.25) is 24.1 Å². The minimum Gasteiger partial charge on any atom is -0.351 e. The molecule has 0 aliphatic carbocycles. The van der Waals surface area contributed by atoms with Crippen LogP contribution in [0.15, 0.2) is 41.5 Å². The number of nitrogens with zero attached hydrogens (tertiary/aromatic N) is 3. The van der Waals surface area contributed by atoms with Gasteiger partial charge in [0, 0.05) is 29.1 Å². The van der Waals surface area contributed by atoms with Crippen molar-refractivity contribution in [1.29, 1.82) is 0 Å². The van der Waals surface area contributed by atoms with Gasteiger partial charge in [0.15, 0.2) is 5.13 Å². The van der Waals surface area contributed by atoms with Crippen LogP contribution < -0.4 is 16.2 Å². The maximum atomic E-state index is 12.7. The van der Waals surface area contributed by atoms with Crippen LogP contribution in [0.5, 0.6) is 0 Å². The summed E-state index contributed by atoms with van der Waals surface area (Å²) in [5, 5.41) is 5.89. The topological polar surface area (TPSA) is 105 Å². The van der Waals surface area contributed by atoms with Crippen LogP contribution in [0.3, 0.4) is 0 Å². The summed E-state index contributed by atoms with van der Waals surface area (Å²) in [6.45, 7) is 5.77. The second-order valence-corrected chi connectivity index (χ2v) is 9.33. The molecule has 0 bridgehead atoms. The van der Waals surface area contributed by atoms with Crippen LogP contribution in [-0.4, -0.2) is 26.2 Å². The first-order valence-electron chi connectivity index (χ1n) is 9.42. The van der Waals surface area contributed by atoms with Crippen molar-refractivity contribution in [2.75, 3.05) is 5.32 Å². The molecule has 4 aromatic heterocycles. The Balaban J connectivity index is 1.56. The van der Waals surface area contributed by atoms with Gasteiger partial charge in [0.05, 0.1) is 17.1 Å². The lowest BCUT2D eigenvalue weighted by Crippen LogP contribution is -2.26. The Morgan fingerprint density at radius 1 is 1.16 bits per heavy atom. The Bertz CT molecular complexity index is 1370. The Morgan fingerprint density at radius 3 is 2.74 bits per heavy atom. The van der Waals surface area contributed by atoms with Gasteiger partial charge in [0.25, 0.3) is 11.5 Å². The van der Waals surface area contributed by atoms with E-state index in [-0.39, 0.29) is 11.5 Å². The molecule has 4 heterocycles. The number of hydrogen-bond donors (Lipinski definition) is 2. The molecule has 0 spiro atoms. The molecule has 0 saturated carbocycles. The van der Waals surface area contributed by atoms with Gasteiger partial charge in [-0.15, -0.1) is 22.7 Å². The van der Waals surface area contributed by atoms with Gasteiger partial charge in [-0.2, -0.15) is 0 Å². The highest BCUT2D eigenvalue weighted by molar-refractivity contribution is 7.18. The summed E-state index contributed by atoms with van der Waals surface area (Å²) >= 11 is 2.86. The fourth-order valence-electron chi connectivity index (χ4n) is 2.99. The first-order chi connectivity index (χ1) is 14.8. The molecule has 158 valence electrons. The number of carbonyl (C=O) groups is 2. The van der Waals surface area contributed by atoms with Crippen LogP contribution in [0.2, 0.25) is 0 Å². The minimum atomic E-state index is -0.551. The van der Waals surface area contributed by atoms with E-state index in [4.69, 9.17) is 0 Å². The Hall–Kier alpha value is -3.37. The van der Waals surface area contributed by atoms with Crippen LogP contribution in [0.1, 0.15) is 32.6 Å². The Morgan fingerprint density at radius 2 is 1.97 bits per heavy atom. The third-order valence-electron chi connectivity index (χ3n) is 4.53. The second kappa shape index (κ2) is 8.40. The highest BCUT2D eigenvalue weighted by atomic mass is 32.1. The smallest absolute Gasteiger partial charge is 0.270 e. The van der Waals surface area contributed by atoms with Gasteiger partial charge in [-0.05, 0) is 43.7 Å². The number of nitrogens with one attached hydrogen (secondary N) is 2. The zero-order chi connectivity index (χ0) is 22.1. The predicted molar refractivity (Wildman–Crippen MR) is 122 cm³/mol. The highest BCUT2D eigenvalue weighted by Gasteiger charge is 2.18. The lowest BCUT2D eigenvalue weighted by Gasteiger charge is -2.04. The molecule has 0 aliphatic rings. The number of thiazole rings is 1. The normalized spacial score (nSPS) is 10.9. The fourth-order valence-corrected chi connectivity index (χ4v) is 4.87. The molecule has 0 fully saturated rings. The fraction of sp³-hybridized carbons (Fsp3) is 0.190. The maximum Gasteiger partial charge on any atom is 0.270 e. The molecule has 0 saturated heterocycles. The van der Waals surface area contributed by atoms with Gasteiger partial charge in [-0.1, -0.05) is 0 Å². The summed E-state index contributed by atoms with van der Waals surface area (Å²) in [7, 11) is 0. The number of anilines is 1. The first kappa shape index (κ1) is 20.9. The Kier molecular flexibility index (Phi) is 5.66. The lowest BCUT2D eigenvalue weighted by atomic mass is 10.2. The molecular weight excluding hydrogens is 434 g/mol. The molecule has 4 aromatic rings. The number of amides is 2. The molecule has 31 heavy (non-hydrogen) atoms. The molecule has 10 heteroatoms. The number of carbonyl (C=O) groups excluding carboxylic acids is 2. The van der Waals surface area contributed by atoms with Crippen molar-refractivity contribution in [2.45, 2.75) is 27.3 Å². The van der Waals surface area contributed by atoms with Crippen LogP contribution in [0.25, 0.3) is 16.2 Å². The van der Waals surface area contributed by atoms with E-state index in [1.54, 1.807) is 18.3 Å². The number of hydrogen-bond acceptors (Lipinski definition) is 7. The predicted octanol–water partition coefficient (Wildman–Crippen LogP) is 3.38. The molecule has 0 radical (unpaired) electrons. The molecule has 0 unspecified atom stereocenters. The number of pyridine rings is 1. The van der Waals surface area contributed by atoms with E-state index in [0.29, 0.717) is 17.3 Å². The zero-order valence-electron chi connectivity index (χ0n) is 17.1. The molecule has 0 aromatic carbocycles. The van der Waals surface area contributed by atoms with Crippen LogP contribution in [0.4, 0.5) is 5.13 Å². The van der Waals surface area contributed by atoms with E-state index in [9.17, 15) is 14.4 Å². The van der Waals surface area contributed by atoms with Crippen molar-refractivity contribution in [3.8, 4) is 10.6 Å². The van der Waals surface area contributed by atoms with Gasteiger partial charge in [0.1, 0.15) is 11.2 Å². The molecule has 2 amide bonds. The van der Waals surface area contributed by atoms with E-state index < -0.39 is 11.5 Å². The van der Waals surface area contributed by atoms with Crippen molar-refractivity contribution >= 4 is 45.3 Å². The van der Waals surface area contributed by atoms with Crippen LogP contribution >= 0.6 is 22.7 Å². The molecular formula is C21H19N5O3S2. The van der Waals surface area contributed by atoms with Gasteiger partial charge >= 0.3 is 0 Å². The average Bonchev–Trinajstić information content (AvgIpc) is 3.32. The SMILES string of the molecule is CC(=O)NCc1ccc(-c2nc(NC(=O)c3cnc4cc(C)ccn4c3=O)sc2C)s1. The van der Waals surface area contributed by atoms with E-state index in [0.717, 1.165) is 25.9 Å². The molecule has 8 nitrogen and oxygen atoms in total. The summed E-state index contributed by atoms with van der Waals surface area (Å²) in [5.41, 5.74) is 1.75. The van der Waals surface area contributed by atoms with Crippen LogP contribution in [-0.2, 0) is 11.3 Å². The minimum absolute atomic E-state index is 0.0514. The summed E-state index contributed by atoms with van der Waals surface area (Å²) in [4.78, 5) is 48.2. The highest BCUT2D eigenvalue weighted by Crippen LogP contribution is 2.34. The number of thiophene rings is 1. The third-order valence-corrected chi connectivity index (χ3v) is 6.51. The van der Waals surface area contributed by atoms with E-state index >= 15 is 0 Å². The van der Waals surface area contributed by atoms with E-state index in [1.807, 2.05) is 26.0 Å². The summed E-state index contributed by atoms with van der Waals surface area (Å²) in [6.07, 6.45) is 2.90. The van der Waals surface area contributed by atoms with Crippen molar-refractivity contribution < 1.29 is 9.59 Å².